The number of hydrogen-bond acceptors (Lipinski definition) is 7. The number of para-hydroxylation sites is 1. The number of rotatable bonds is 9. The fourth-order valence-corrected chi connectivity index (χ4v) is 4.01. The van der Waals surface area contributed by atoms with Gasteiger partial charge in [0.05, 0.1) is 11.9 Å². The van der Waals surface area contributed by atoms with E-state index in [0.717, 1.165) is 36.3 Å². The molecule has 1 saturated heterocycles. The molecule has 3 aromatic heterocycles. The molecule has 4 aromatic rings. The van der Waals surface area contributed by atoms with Crippen LogP contribution in [0.15, 0.2) is 48.9 Å². The molecule has 1 fully saturated rings. The molecule has 9 nitrogen and oxygen atoms in total. The van der Waals surface area contributed by atoms with Crippen molar-refractivity contribution in [2.24, 2.45) is 5.92 Å². The summed E-state index contributed by atoms with van der Waals surface area (Å²) in [6.45, 7) is 6.65. The molecule has 0 bridgehead atoms. The van der Waals surface area contributed by atoms with Crippen LogP contribution in [0.25, 0.3) is 11.3 Å². The minimum atomic E-state index is -0.0275. The average molecular weight is 445 g/mol. The van der Waals surface area contributed by atoms with Crippen molar-refractivity contribution in [2.45, 2.75) is 39.2 Å². The van der Waals surface area contributed by atoms with E-state index in [4.69, 9.17) is 0 Å². The highest BCUT2D eigenvalue weighted by atomic mass is 16.1. The van der Waals surface area contributed by atoms with Crippen molar-refractivity contribution < 1.29 is 4.79 Å². The van der Waals surface area contributed by atoms with E-state index in [2.05, 4.69) is 44.6 Å². The van der Waals surface area contributed by atoms with Crippen LogP contribution in [-0.4, -0.2) is 48.2 Å². The maximum atomic E-state index is 13.0. The predicted octanol–water partition coefficient (Wildman–Crippen LogP) is 3.23. The van der Waals surface area contributed by atoms with Crippen molar-refractivity contribution in [1.29, 1.82) is 0 Å². The Morgan fingerprint density at radius 1 is 1.18 bits per heavy atom. The predicted molar refractivity (Wildman–Crippen MR) is 126 cm³/mol. The largest absolute Gasteiger partial charge is 0.350 e. The summed E-state index contributed by atoms with van der Waals surface area (Å²) in [5, 5.41) is 15.5. The topological polar surface area (TPSA) is 102 Å². The third kappa shape index (κ3) is 4.36. The van der Waals surface area contributed by atoms with Crippen molar-refractivity contribution >= 4 is 17.4 Å². The van der Waals surface area contributed by atoms with E-state index in [0.29, 0.717) is 30.5 Å². The summed E-state index contributed by atoms with van der Waals surface area (Å²) < 4.78 is 3.53. The van der Waals surface area contributed by atoms with Crippen molar-refractivity contribution in [3.05, 3.63) is 65.9 Å². The second-order valence-corrected chi connectivity index (χ2v) is 8.78. The Bertz CT molecular complexity index is 1260. The molecule has 0 unspecified atom stereocenters. The molecular formula is C24H28N8O. The zero-order chi connectivity index (χ0) is 22.8. The van der Waals surface area contributed by atoms with Gasteiger partial charge in [-0.05, 0) is 49.0 Å². The first kappa shape index (κ1) is 21.3. The molecule has 1 aromatic carbocycles. The smallest absolute Gasteiger partial charge is 0.228 e. The Balaban J connectivity index is 1.45. The van der Waals surface area contributed by atoms with Crippen LogP contribution < -0.4 is 10.6 Å². The molecule has 1 aliphatic heterocycles. The number of nitrogens with zero attached hydrogens (tertiary/aromatic N) is 6. The Kier molecular flexibility index (Phi) is 5.87. The molecule has 0 radical (unpaired) electrons. The number of ketones is 1. The Labute approximate surface area is 192 Å². The van der Waals surface area contributed by atoms with E-state index in [1.54, 1.807) is 10.7 Å². The van der Waals surface area contributed by atoms with Gasteiger partial charge in [-0.1, -0.05) is 32.0 Å². The van der Waals surface area contributed by atoms with Gasteiger partial charge in [0.1, 0.15) is 0 Å². The third-order valence-electron chi connectivity index (χ3n) is 6.09. The highest BCUT2D eigenvalue weighted by Gasteiger charge is 2.22. The van der Waals surface area contributed by atoms with Gasteiger partial charge in [0.15, 0.2) is 11.4 Å². The Morgan fingerprint density at radius 2 is 2.03 bits per heavy atom. The van der Waals surface area contributed by atoms with Gasteiger partial charge in [0.2, 0.25) is 11.8 Å². The van der Waals surface area contributed by atoms with Crippen LogP contribution in [-0.2, 0) is 6.54 Å². The number of hydrogen-bond donors (Lipinski definition) is 2. The fourth-order valence-electron chi connectivity index (χ4n) is 4.01. The van der Waals surface area contributed by atoms with Crippen molar-refractivity contribution in [1.82, 2.24) is 34.7 Å². The number of carbonyl (C=O) groups excluding carboxylic acids is 1. The minimum absolute atomic E-state index is 0.0275. The lowest BCUT2D eigenvalue weighted by atomic mass is 9.96. The lowest BCUT2D eigenvalue weighted by Crippen LogP contribution is -2.42. The highest BCUT2D eigenvalue weighted by molar-refractivity contribution is 5.93. The van der Waals surface area contributed by atoms with Gasteiger partial charge in [-0.15, -0.1) is 0 Å². The molecule has 4 heterocycles. The van der Waals surface area contributed by atoms with Crippen LogP contribution in [0.4, 0.5) is 5.95 Å². The quantitative estimate of drug-likeness (QED) is 0.382. The molecule has 0 aliphatic carbocycles. The van der Waals surface area contributed by atoms with Crippen LogP contribution in [0, 0.1) is 5.92 Å². The third-order valence-corrected chi connectivity index (χ3v) is 6.09. The molecule has 0 spiro atoms. The van der Waals surface area contributed by atoms with Crippen LogP contribution in [0.1, 0.15) is 54.4 Å². The molecule has 0 atom stereocenters. The molecule has 170 valence electrons. The van der Waals surface area contributed by atoms with Gasteiger partial charge in [0, 0.05) is 30.9 Å². The van der Waals surface area contributed by atoms with Gasteiger partial charge in [-0.25, -0.2) is 9.67 Å². The first-order valence-corrected chi connectivity index (χ1v) is 11.4. The number of aromatic nitrogens is 6. The normalized spacial score (nSPS) is 14.0. The molecule has 9 heteroatoms. The molecule has 0 saturated carbocycles. The first-order valence-electron chi connectivity index (χ1n) is 11.4. The van der Waals surface area contributed by atoms with E-state index < -0.39 is 0 Å². The van der Waals surface area contributed by atoms with Crippen LogP contribution >= 0.6 is 0 Å². The van der Waals surface area contributed by atoms with Crippen LogP contribution in [0.5, 0.6) is 0 Å². The van der Waals surface area contributed by atoms with Gasteiger partial charge in [-0.3, -0.25) is 4.79 Å². The molecule has 2 N–H and O–H groups in total. The van der Waals surface area contributed by atoms with Gasteiger partial charge in [0.25, 0.3) is 0 Å². The summed E-state index contributed by atoms with van der Waals surface area (Å²) >= 11 is 0. The molecule has 1 aliphatic rings. The second-order valence-electron chi connectivity index (χ2n) is 8.78. The lowest BCUT2D eigenvalue weighted by molar-refractivity contribution is 0.0958. The molecule has 33 heavy (non-hydrogen) atoms. The first-order chi connectivity index (χ1) is 16.1. The van der Waals surface area contributed by atoms with Gasteiger partial charge in [-0.2, -0.15) is 19.7 Å². The van der Waals surface area contributed by atoms with E-state index in [-0.39, 0.29) is 17.5 Å². The minimum Gasteiger partial charge on any atom is -0.350 e. The number of anilines is 1. The molecule has 0 amide bonds. The number of fused-ring (bicyclic) bond motifs is 1. The summed E-state index contributed by atoms with van der Waals surface area (Å²) in [6.07, 6.45) is 6.79. The Hall–Kier alpha value is -3.59. The number of Topliss-reactive ketones (excluding diaryl/α,β-unsaturated/α-hetero) is 1. The summed E-state index contributed by atoms with van der Waals surface area (Å²) in [6, 6.07) is 9.94. The van der Waals surface area contributed by atoms with Crippen LogP contribution in [0.2, 0.25) is 0 Å². The van der Waals surface area contributed by atoms with Crippen molar-refractivity contribution in [3.8, 4) is 5.69 Å². The summed E-state index contributed by atoms with van der Waals surface area (Å²) in [7, 11) is 0. The van der Waals surface area contributed by atoms with Crippen molar-refractivity contribution in [3.63, 3.8) is 0 Å². The summed E-state index contributed by atoms with van der Waals surface area (Å²) in [4.78, 5) is 22.2. The van der Waals surface area contributed by atoms with E-state index in [9.17, 15) is 4.79 Å². The summed E-state index contributed by atoms with van der Waals surface area (Å²) in [5.74, 6) is 1.53. The number of carbonyl (C=O) groups is 1. The maximum Gasteiger partial charge on any atom is 0.228 e. The van der Waals surface area contributed by atoms with E-state index in [1.165, 1.54) is 0 Å². The lowest BCUT2D eigenvalue weighted by Gasteiger charge is -2.26. The average Bonchev–Trinajstić information content (AvgIpc) is 3.46. The van der Waals surface area contributed by atoms with Crippen molar-refractivity contribution in [2.75, 3.05) is 18.4 Å². The van der Waals surface area contributed by atoms with Gasteiger partial charge >= 0.3 is 0 Å². The maximum absolute atomic E-state index is 13.0. The van der Waals surface area contributed by atoms with E-state index in [1.807, 2.05) is 47.4 Å². The van der Waals surface area contributed by atoms with Crippen LogP contribution in [0.3, 0.4) is 0 Å². The Morgan fingerprint density at radius 3 is 2.76 bits per heavy atom. The number of nitrogens with one attached hydrogen (secondary N) is 2. The monoisotopic (exact) mass is 444 g/mol. The molecular weight excluding hydrogens is 416 g/mol. The zero-order valence-electron chi connectivity index (χ0n) is 18.9. The van der Waals surface area contributed by atoms with E-state index >= 15 is 0 Å². The molecule has 5 rings (SSSR count). The van der Waals surface area contributed by atoms with Gasteiger partial charge < -0.3 is 10.6 Å². The standard InChI is InChI=1S/C24H28N8O/c1-16(2)19-15-28-32-23(19)29-22(21(33)9-8-17-12-25-13-17)30-24(32)26-14-18-6-3-4-7-20(18)31-11-5-10-27-31/h3-7,10-11,15-17,25H,8-9,12-14H2,1-2H3,(H,26,29,30). The number of benzene rings is 1. The fraction of sp³-hybridized carbons (Fsp3) is 0.375. The highest BCUT2D eigenvalue weighted by Crippen LogP contribution is 2.23. The SMILES string of the molecule is CC(C)c1cnn2c(NCc3ccccc3-n3cccn3)nc(C(=O)CCC3CNC3)nc12. The zero-order valence-corrected chi connectivity index (χ0v) is 18.9. The summed E-state index contributed by atoms with van der Waals surface area (Å²) in [5.41, 5.74) is 3.70. The second kappa shape index (κ2) is 9.11.